The highest BCUT2D eigenvalue weighted by atomic mass is 16.2. The van der Waals surface area contributed by atoms with Crippen molar-refractivity contribution in [1.29, 1.82) is 0 Å². The highest BCUT2D eigenvalue weighted by Gasteiger charge is 2.64. The zero-order valence-electron chi connectivity index (χ0n) is 14.1. The number of nitrogens with one attached hydrogen (secondary N) is 1. The molecule has 4 saturated carbocycles. The van der Waals surface area contributed by atoms with E-state index in [9.17, 15) is 4.79 Å². The molecule has 0 aliphatic heterocycles. The molecule has 1 aromatic carbocycles. The number of carbonyl (C=O) groups excluding carboxylic acids is 1. The summed E-state index contributed by atoms with van der Waals surface area (Å²) in [4.78, 5) is 13.0. The molecule has 5 rings (SSSR count). The third kappa shape index (κ3) is 2.32. The van der Waals surface area contributed by atoms with E-state index < -0.39 is 0 Å². The van der Waals surface area contributed by atoms with Crippen LogP contribution in [0.15, 0.2) is 30.3 Å². The van der Waals surface area contributed by atoms with Gasteiger partial charge in [0.2, 0.25) is 5.91 Å². The second kappa shape index (κ2) is 5.07. The van der Waals surface area contributed by atoms with Gasteiger partial charge in [0.15, 0.2) is 0 Å². The summed E-state index contributed by atoms with van der Waals surface area (Å²) in [6.45, 7) is 3.53. The Balaban J connectivity index is 1.73. The molecule has 4 bridgehead atoms. The van der Waals surface area contributed by atoms with Crippen LogP contribution in [0.1, 0.15) is 51.0 Å². The molecule has 0 heterocycles. The molecule has 4 unspecified atom stereocenters. The Hall–Kier alpha value is -1.35. The summed E-state index contributed by atoms with van der Waals surface area (Å²) in [6.07, 6.45) is 6.96. The predicted molar refractivity (Wildman–Crippen MR) is 91.9 cm³/mol. The van der Waals surface area contributed by atoms with E-state index in [2.05, 4.69) is 42.6 Å². The fourth-order valence-electron chi connectivity index (χ4n) is 6.66. The topological polar surface area (TPSA) is 55.1 Å². The van der Waals surface area contributed by atoms with Crippen LogP contribution in [0.4, 0.5) is 0 Å². The number of carbonyl (C=O) groups is 1. The summed E-state index contributed by atoms with van der Waals surface area (Å²) in [5.74, 6) is 0.957. The average Bonchev–Trinajstić information content (AvgIpc) is 2.51. The summed E-state index contributed by atoms with van der Waals surface area (Å²) in [7, 11) is 0. The molecule has 4 aliphatic carbocycles. The Morgan fingerprint density at radius 3 is 2.65 bits per heavy atom. The molecule has 0 saturated heterocycles. The first kappa shape index (κ1) is 15.2. The fraction of sp³-hybridized carbons (Fsp3) is 0.650. The van der Waals surface area contributed by atoms with Crippen molar-refractivity contribution in [1.82, 2.24) is 5.32 Å². The van der Waals surface area contributed by atoms with Gasteiger partial charge in [-0.25, -0.2) is 0 Å². The van der Waals surface area contributed by atoms with Gasteiger partial charge in [0.25, 0.3) is 0 Å². The Bertz CT molecular complexity index is 615. The lowest BCUT2D eigenvalue weighted by molar-refractivity contribution is -0.160. The van der Waals surface area contributed by atoms with Gasteiger partial charge in [-0.15, -0.1) is 0 Å². The number of hydrogen-bond acceptors (Lipinski definition) is 2. The maximum absolute atomic E-state index is 13.0. The van der Waals surface area contributed by atoms with Crippen LogP contribution in [0.2, 0.25) is 0 Å². The lowest BCUT2D eigenvalue weighted by Crippen LogP contribution is -2.62. The summed E-state index contributed by atoms with van der Waals surface area (Å²) < 4.78 is 0. The van der Waals surface area contributed by atoms with Gasteiger partial charge in [-0.3, -0.25) is 4.79 Å². The number of nitrogens with two attached hydrogens (primary N) is 1. The van der Waals surface area contributed by atoms with Crippen molar-refractivity contribution in [3.8, 4) is 0 Å². The van der Waals surface area contributed by atoms with Crippen LogP contribution in [0, 0.1) is 16.7 Å². The van der Waals surface area contributed by atoms with Crippen molar-refractivity contribution in [2.24, 2.45) is 22.5 Å². The zero-order chi connectivity index (χ0) is 16.1. The minimum absolute atomic E-state index is 0.167. The smallest absolute Gasteiger partial charge is 0.226 e. The first-order valence-corrected chi connectivity index (χ1v) is 9.03. The first-order chi connectivity index (χ1) is 11.0. The quantitative estimate of drug-likeness (QED) is 0.898. The van der Waals surface area contributed by atoms with E-state index in [4.69, 9.17) is 5.73 Å². The second-order valence-electron chi connectivity index (χ2n) is 8.79. The third-order valence-corrected chi connectivity index (χ3v) is 6.65. The molecule has 0 spiro atoms. The number of rotatable bonds is 4. The van der Waals surface area contributed by atoms with Crippen LogP contribution >= 0.6 is 0 Å². The molecule has 3 heteroatoms. The monoisotopic (exact) mass is 312 g/mol. The molecule has 0 radical (unpaired) electrons. The SMILES string of the molecule is CC12CC3CC(C(=O)NCCN)(C1)CC(c1ccccc1)(C3)C2. The first-order valence-electron chi connectivity index (χ1n) is 9.03. The molecule has 3 N–H and O–H groups in total. The minimum Gasteiger partial charge on any atom is -0.354 e. The standard InChI is InChI=1S/C20H28N2O/c1-18-9-15-10-19(12-18,16-5-3-2-4-6-16)14-20(11-15,13-18)17(23)22-8-7-21/h2-6,15H,7-14,21H2,1H3,(H,22,23). The van der Waals surface area contributed by atoms with Crippen LogP contribution in [0.5, 0.6) is 0 Å². The predicted octanol–water partition coefficient (Wildman–Crippen LogP) is 2.99. The van der Waals surface area contributed by atoms with Crippen LogP contribution in [0.3, 0.4) is 0 Å². The van der Waals surface area contributed by atoms with Crippen molar-refractivity contribution in [3.63, 3.8) is 0 Å². The van der Waals surface area contributed by atoms with E-state index in [0.717, 1.165) is 19.3 Å². The molecule has 4 fully saturated rings. The number of hydrogen-bond donors (Lipinski definition) is 2. The van der Waals surface area contributed by atoms with Gasteiger partial charge in [0.1, 0.15) is 0 Å². The zero-order valence-corrected chi connectivity index (χ0v) is 14.1. The lowest BCUT2D eigenvalue weighted by atomic mass is 9.38. The molecule has 4 aliphatic rings. The van der Waals surface area contributed by atoms with Gasteiger partial charge in [-0.05, 0) is 60.8 Å². The van der Waals surface area contributed by atoms with E-state index in [1.54, 1.807) is 0 Å². The molecule has 23 heavy (non-hydrogen) atoms. The van der Waals surface area contributed by atoms with E-state index >= 15 is 0 Å². The fourth-order valence-corrected chi connectivity index (χ4v) is 6.66. The van der Waals surface area contributed by atoms with Crippen molar-refractivity contribution >= 4 is 5.91 Å². The highest BCUT2D eigenvalue weighted by molar-refractivity contribution is 5.83. The molecule has 4 atom stereocenters. The number of amides is 1. The van der Waals surface area contributed by atoms with Gasteiger partial charge >= 0.3 is 0 Å². The number of benzene rings is 1. The average molecular weight is 312 g/mol. The van der Waals surface area contributed by atoms with Gasteiger partial charge in [0.05, 0.1) is 5.41 Å². The van der Waals surface area contributed by atoms with E-state index in [1.807, 2.05) is 0 Å². The van der Waals surface area contributed by atoms with E-state index in [1.165, 1.54) is 24.8 Å². The maximum atomic E-state index is 13.0. The molecule has 124 valence electrons. The van der Waals surface area contributed by atoms with Crippen LogP contribution in [-0.4, -0.2) is 19.0 Å². The highest BCUT2D eigenvalue weighted by Crippen LogP contribution is 2.70. The van der Waals surface area contributed by atoms with Crippen LogP contribution in [0.25, 0.3) is 0 Å². The lowest BCUT2D eigenvalue weighted by Gasteiger charge is -2.65. The van der Waals surface area contributed by atoms with Gasteiger partial charge in [-0.2, -0.15) is 0 Å². The molecule has 1 amide bonds. The van der Waals surface area contributed by atoms with Crippen molar-refractivity contribution < 1.29 is 4.79 Å². The Labute approximate surface area is 139 Å². The van der Waals surface area contributed by atoms with E-state index in [-0.39, 0.29) is 16.7 Å². The normalized spacial score (nSPS) is 41.0. The summed E-state index contributed by atoms with van der Waals surface area (Å²) >= 11 is 0. The maximum Gasteiger partial charge on any atom is 0.226 e. The summed E-state index contributed by atoms with van der Waals surface area (Å²) in [6, 6.07) is 11.0. The van der Waals surface area contributed by atoms with Gasteiger partial charge in [-0.1, -0.05) is 37.3 Å². The summed E-state index contributed by atoms with van der Waals surface area (Å²) in [5.41, 5.74) is 7.40. The second-order valence-corrected chi connectivity index (χ2v) is 8.79. The van der Waals surface area contributed by atoms with Crippen molar-refractivity contribution in [3.05, 3.63) is 35.9 Å². The Morgan fingerprint density at radius 1 is 1.17 bits per heavy atom. The van der Waals surface area contributed by atoms with Crippen molar-refractivity contribution in [2.45, 2.75) is 50.9 Å². The van der Waals surface area contributed by atoms with Crippen molar-refractivity contribution in [2.75, 3.05) is 13.1 Å². The van der Waals surface area contributed by atoms with Gasteiger partial charge in [0, 0.05) is 13.1 Å². The molecule has 1 aromatic rings. The van der Waals surface area contributed by atoms with Gasteiger partial charge < -0.3 is 11.1 Å². The summed E-state index contributed by atoms with van der Waals surface area (Å²) in [5, 5.41) is 3.11. The molecule has 0 aromatic heterocycles. The van der Waals surface area contributed by atoms with Crippen LogP contribution in [-0.2, 0) is 10.2 Å². The Morgan fingerprint density at radius 2 is 1.96 bits per heavy atom. The largest absolute Gasteiger partial charge is 0.354 e. The molecular weight excluding hydrogens is 284 g/mol. The Kier molecular flexibility index (Phi) is 3.35. The molecule has 3 nitrogen and oxygen atoms in total. The molecular formula is C20H28N2O. The minimum atomic E-state index is -0.167. The third-order valence-electron chi connectivity index (χ3n) is 6.65. The van der Waals surface area contributed by atoms with E-state index in [0.29, 0.717) is 24.4 Å². The van der Waals surface area contributed by atoms with Crippen LogP contribution < -0.4 is 11.1 Å².